The zero-order valence-corrected chi connectivity index (χ0v) is 14.6. The molecule has 25 heavy (non-hydrogen) atoms. The van der Waals surface area contributed by atoms with Crippen molar-refractivity contribution in [2.24, 2.45) is 0 Å². The van der Waals surface area contributed by atoms with Crippen LogP contribution < -0.4 is 9.46 Å². The first kappa shape index (κ1) is 19.2. The monoisotopic (exact) mass is 378 g/mol. The number of hydrogen-bond acceptors (Lipinski definition) is 5. The number of aromatic nitrogens is 3. The molecule has 0 bridgehead atoms. The third kappa shape index (κ3) is 3.93. The minimum atomic E-state index is -4.32. The average molecular weight is 378 g/mol. The third-order valence-electron chi connectivity index (χ3n) is 3.32. The van der Waals surface area contributed by atoms with E-state index in [0.717, 1.165) is 0 Å². The maximum Gasteiger partial charge on any atom is 0.316 e. The van der Waals surface area contributed by atoms with E-state index < -0.39 is 38.4 Å². The zero-order chi connectivity index (χ0) is 18.8. The predicted molar refractivity (Wildman–Crippen MR) is 81.9 cm³/mol. The molecule has 0 radical (unpaired) electrons. The molecule has 0 spiro atoms. The van der Waals surface area contributed by atoms with Crippen LogP contribution in [0.25, 0.3) is 0 Å². The normalized spacial score (nSPS) is 13.0. The fraction of sp³-hybridized carbons (Fsp3) is 0.429. The Bertz CT molecular complexity index is 847. The Morgan fingerprint density at radius 3 is 2.32 bits per heavy atom. The average Bonchev–Trinajstić information content (AvgIpc) is 2.95. The molecule has 11 heteroatoms. The first-order chi connectivity index (χ1) is 11.7. The van der Waals surface area contributed by atoms with E-state index in [0.29, 0.717) is 25.3 Å². The first-order valence-electron chi connectivity index (χ1n) is 7.44. The maximum absolute atomic E-state index is 13.3. The number of sulfonamides is 1. The van der Waals surface area contributed by atoms with Crippen LogP contribution >= 0.6 is 0 Å². The first-order valence-corrected chi connectivity index (χ1v) is 8.92. The number of benzene rings is 1. The SMILES string of the molecule is CCOc1nnc([C@@H](C)NS(=O)(=O)c2cc(F)c(F)c(F)c2)n1CC. The maximum atomic E-state index is 13.3. The van der Waals surface area contributed by atoms with Gasteiger partial charge in [0, 0.05) is 6.54 Å². The summed E-state index contributed by atoms with van der Waals surface area (Å²) in [6.07, 6.45) is 0. The molecule has 1 heterocycles. The Morgan fingerprint density at radius 2 is 1.80 bits per heavy atom. The molecular weight excluding hydrogens is 361 g/mol. The van der Waals surface area contributed by atoms with Gasteiger partial charge in [-0.05, 0) is 32.9 Å². The van der Waals surface area contributed by atoms with Crippen LogP contribution in [-0.4, -0.2) is 29.8 Å². The second-order valence-corrected chi connectivity index (χ2v) is 6.78. The largest absolute Gasteiger partial charge is 0.464 e. The summed E-state index contributed by atoms with van der Waals surface area (Å²) in [6, 6.07) is 0.167. The van der Waals surface area contributed by atoms with Crippen LogP contribution in [0.1, 0.15) is 32.6 Å². The van der Waals surface area contributed by atoms with Crippen LogP contribution in [0.3, 0.4) is 0 Å². The standard InChI is InChI=1S/C14H17F3N4O3S/c1-4-21-13(18-19-14(21)24-5-2)8(3)20-25(22,23)9-6-10(15)12(17)11(16)7-9/h6-8,20H,4-5H2,1-3H3/t8-/m1/s1. The van der Waals surface area contributed by atoms with Gasteiger partial charge < -0.3 is 4.74 Å². The van der Waals surface area contributed by atoms with Crippen molar-refractivity contribution >= 4 is 10.0 Å². The van der Waals surface area contributed by atoms with E-state index in [2.05, 4.69) is 14.9 Å². The topological polar surface area (TPSA) is 86.1 Å². The van der Waals surface area contributed by atoms with Crippen LogP contribution in [0, 0.1) is 17.5 Å². The molecule has 1 aromatic carbocycles. The lowest BCUT2D eigenvalue weighted by Gasteiger charge is -2.15. The molecule has 0 saturated carbocycles. The molecule has 138 valence electrons. The Morgan fingerprint density at radius 1 is 1.20 bits per heavy atom. The Balaban J connectivity index is 2.32. The molecule has 0 amide bonds. The number of ether oxygens (including phenoxy) is 1. The minimum Gasteiger partial charge on any atom is -0.464 e. The number of rotatable bonds is 7. The lowest BCUT2D eigenvalue weighted by molar-refractivity contribution is 0.294. The van der Waals surface area contributed by atoms with Gasteiger partial charge in [-0.25, -0.2) is 26.3 Å². The van der Waals surface area contributed by atoms with Crippen molar-refractivity contribution in [1.82, 2.24) is 19.5 Å². The third-order valence-corrected chi connectivity index (χ3v) is 4.84. The van der Waals surface area contributed by atoms with Crippen LogP contribution in [0.15, 0.2) is 17.0 Å². The van der Waals surface area contributed by atoms with Crippen molar-refractivity contribution in [2.45, 2.75) is 38.3 Å². The summed E-state index contributed by atoms with van der Waals surface area (Å²) in [5, 5.41) is 7.71. The van der Waals surface area contributed by atoms with Crippen molar-refractivity contribution < 1.29 is 26.3 Å². The summed E-state index contributed by atoms with van der Waals surface area (Å²) in [6.45, 7) is 5.81. The summed E-state index contributed by atoms with van der Waals surface area (Å²) < 4.78 is 73.3. The van der Waals surface area contributed by atoms with E-state index in [1.807, 2.05) is 0 Å². The Kier molecular flexibility index (Phi) is 5.68. The molecule has 0 unspecified atom stereocenters. The quantitative estimate of drug-likeness (QED) is 0.746. The van der Waals surface area contributed by atoms with E-state index in [4.69, 9.17) is 4.74 Å². The highest BCUT2D eigenvalue weighted by Gasteiger charge is 2.25. The highest BCUT2D eigenvalue weighted by Crippen LogP contribution is 2.21. The molecule has 7 nitrogen and oxygen atoms in total. The van der Waals surface area contributed by atoms with Gasteiger partial charge in [0.2, 0.25) is 10.0 Å². The van der Waals surface area contributed by atoms with E-state index in [1.54, 1.807) is 18.4 Å². The summed E-state index contributed by atoms with van der Waals surface area (Å²) in [4.78, 5) is -0.733. The molecule has 1 N–H and O–H groups in total. The van der Waals surface area contributed by atoms with Gasteiger partial charge in [0.15, 0.2) is 23.3 Å². The van der Waals surface area contributed by atoms with Crippen LogP contribution in [0.5, 0.6) is 6.01 Å². The molecule has 2 aromatic rings. The molecule has 0 aliphatic carbocycles. The van der Waals surface area contributed by atoms with Gasteiger partial charge in [0.1, 0.15) is 0 Å². The summed E-state index contributed by atoms with van der Waals surface area (Å²) >= 11 is 0. The van der Waals surface area contributed by atoms with E-state index >= 15 is 0 Å². The van der Waals surface area contributed by atoms with Gasteiger partial charge >= 0.3 is 6.01 Å². The molecular formula is C14H17F3N4O3S. The van der Waals surface area contributed by atoms with Crippen molar-refractivity contribution in [3.8, 4) is 6.01 Å². The molecule has 0 aliphatic heterocycles. The lowest BCUT2D eigenvalue weighted by atomic mass is 10.3. The molecule has 1 aromatic heterocycles. The number of hydrogen-bond donors (Lipinski definition) is 1. The van der Waals surface area contributed by atoms with Crippen LogP contribution in [0.4, 0.5) is 13.2 Å². The molecule has 2 rings (SSSR count). The van der Waals surface area contributed by atoms with Crippen molar-refractivity contribution in [3.63, 3.8) is 0 Å². The molecule has 0 aliphatic rings. The molecule has 0 saturated heterocycles. The van der Waals surface area contributed by atoms with Crippen LogP contribution in [0.2, 0.25) is 0 Å². The van der Waals surface area contributed by atoms with Gasteiger partial charge in [-0.2, -0.15) is 0 Å². The summed E-state index contributed by atoms with van der Waals surface area (Å²) in [5.74, 6) is -4.66. The Labute approximate surface area is 142 Å². The highest BCUT2D eigenvalue weighted by molar-refractivity contribution is 7.89. The summed E-state index contributed by atoms with van der Waals surface area (Å²) in [5.41, 5.74) is 0. The molecule has 1 atom stereocenters. The van der Waals surface area contributed by atoms with Crippen molar-refractivity contribution in [2.75, 3.05) is 6.61 Å². The Hall–Kier alpha value is -2.14. The minimum absolute atomic E-state index is 0.227. The zero-order valence-electron chi connectivity index (χ0n) is 13.8. The fourth-order valence-corrected chi connectivity index (χ4v) is 3.42. The highest BCUT2D eigenvalue weighted by atomic mass is 32.2. The predicted octanol–water partition coefficient (Wildman–Crippen LogP) is 2.15. The number of nitrogens with zero attached hydrogens (tertiary/aromatic N) is 3. The van der Waals surface area contributed by atoms with Gasteiger partial charge in [-0.15, -0.1) is 5.10 Å². The van der Waals surface area contributed by atoms with Crippen molar-refractivity contribution in [3.05, 3.63) is 35.4 Å². The smallest absolute Gasteiger partial charge is 0.316 e. The second kappa shape index (κ2) is 7.40. The number of halogens is 3. The summed E-state index contributed by atoms with van der Waals surface area (Å²) in [7, 11) is -4.32. The van der Waals surface area contributed by atoms with Gasteiger partial charge in [0.05, 0.1) is 17.5 Å². The van der Waals surface area contributed by atoms with Gasteiger partial charge in [0.25, 0.3) is 0 Å². The van der Waals surface area contributed by atoms with Gasteiger partial charge in [-0.1, -0.05) is 5.10 Å². The van der Waals surface area contributed by atoms with E-state index in [1.165, 1.54) is 6.92 Å². The fourth-order valence-electron chi connectivity index (χ4n) is 2.19. The second-order valence-electron chi connectivity index (χ2n) is 5.06. The van der Waals surface area contributed by atoms with E-state index in [9.17, 15) is 21.6 Å². The van der Waals surface area contributed by atoms with Crippen LogP contribution in [-0.2, 0) is 16.6 Å². The van der Waals surface area contributed by atoms with Crippen molar-refractivity contribution in [1.29, 1.82) is 0 Å². The lowest BCUT2D eigenvalue weighted by Crippen LogP contribution is -2.29. The van der Waals surface area contributed by atoms with E-state index in [-0.39, 0.29) is 11.8 Å². The molecule has 0 fully saturated rings. The number of nitrogens with one attached hydrogen (secondary N) is 1. The van der Waals surface area contributed by atoms with Gasteiger partial charge in [-0.3, -0.25) is 4.57 Å².